The first-order valence-electron chi connectivity index (χ1n) is 8.07. The van der Waals surface area contributed by atoms with Crippen LogP contribution in [0.15, 0.2) is 34.9 Å². The Labute approximate surface area is 135 Å². The average Bonchev–Trinajstić information content (AvgIpc) is 2.72. The van der Waals surface area contributed by atoms with Crippen molar-refractivity contribution < 1.29 is 0 Å². The van der Waals surface area contributed by atoms with E-state index in [2.05, 4.69) is 57.4 Å². The summed E-state index contributed by atoms with van der Waals surface area (Å²) in [5, 5.41) is 4.94. The number of pyridine rings is 1. The SMILES string of the molecule is CCC1CCCC(Nc2cccc3cc(Br)cnc23)CC1. The maximum absolute atomic E-state index is 4.59. The summed E-state index contributed by atoms with van der Waals surface area (Å²) >= 11 is 3.50. The summed E-state index contributed by atoms with van der Waals surface area (Å²) in [6, 6.07) is 9.12. The Balaban J connectivity index is 1.78. The van der Waals surface area contributed by atoms with Gasteiger partial charge in [0.1, 0.15) is 0 Å². The van der Waals surface area contributed by atoms with Gasteiger partial charge in [-0.1, -0.05) is 38.3 Å². The van der Waals surface area contributed by atoms with Gasteiger partial charge < -0.3 is 5.32 Å². The molecule has 3 heteroatoms. The number of benzene rings is 1. The van der Waals surface area contributed by atoms with Crippen molar-refractivity contribution in [2.75, 3.05) is 5.32 Å². The molecule has 1 fully saturated rings. The first-order valence-corrected chi connectivity index (χ1v) is 8.86. The molecule has 1 N–H and O–H groups in total. The van der Waals surface area contributed by atoms with Crippen LogP contribution in [0.5, 0.6) is 0 Å². The number of hydrogen-bond acceptors (Lipinski definition) is 2. The summed E-state index contributed by atoms with van der Waals surface area (Å²) in [7, 11) is 0. The molecule has 2 aromatic rings. The molecular formula is C18H23BrN2. The summed E-state index contributed by atoms with van der Waals surface area (Å²) in [4.78, 5) is 4.59. The van der Waals surface area contributed by atoms with Crippen LogP contribution in [0.25, 0.3) is 10.9 Å². The van der Waals surface area contributed by atoms with E-state index in [9.17, 15) is 0 Å². The van der Waals surface area contributed by atoms with Crippen molar-refractivity contribution >= 4 is 32.5 Å². The second-order valence-electron chi connectivity index (χ2n) is 6.15. The van der Waals surface area contributed by atoms with Gasteiger partial charge in [0, 0.05) is 22.1 Å². The van der Waals surface area contributed by atoms with E-state index in [0.29, 0.717) is 6.04 Å². The molecule has 0 spiro atoms. The Bertz CT molecular complexity index is 611. The van der Waals surface area contributed by atoms with Crippen LogP contribution in [0.2, 0.25) is 0 Å². The third kappa shape index (κ3) is 3.57. The van der Waals surface area contributed by atoms with E-state index in [1.807, 2.05) is 6.20 Å². The van der Waals surface area contributed by atoms with Crippen LogP contribution in [-0.2, 0) is 0 Å². The zero-order valence-electron chi connectivity index (χ0n) is 12.6. The molecule has 1 aromatic heterocycles. The lowest BCUT2D eigenvalue weighted by Gasteiger charge is -2.19. The second-order valence-corrected chi connectivity index (χ2v) is 7.07. The van der Waals surface area contributed by atoms with E-state index in [0.717, 1.165) is 15.9 Å². The first-order chi connectivity index (χ1) is 10.3. The lowest BCUT2D eigenvalue weighted by atomic mass is 9.98. The number of hydrogen-bond donors (Lipinski definition) is 1. The van der Waals surface area contributed by atoms with Crippen molar-refractivity contribution in [3.8, 4) is 0 Å². The van der Waals surface area contributed by atoms with Crippen LogP contribution in [0.3, 0.4) is 0 Å². The van der Waals surface area contributed by atoms with Crippen molar-refractivity contribution in [2.24, 2.45) is 5.92 Å². The van der Waals surface area contributed by atoms with Gasteiger partial charge in [-0.05, 0) is 53.2 Å². The Morgan fingerprint density at radius 2 is 2.14 bits per heavy atom. The molecule has 1 aromatic carbocycles. The molecule has 2 atom stereocenters. The average molecular weight is 347 g/mol. The smallest absolute Gasteiger partial charge is 0.0934 e. The third-order valence-electron chi connectivity index (χ3n) is 4.70. The lowest BCUT2D eigenvalue weighted by Crippen LogP contribution is -2.18. The molecule has 0 saturated heterocycles. The molecule has 0 aliphatic heterocycles. The predicted molar refractivity (Wildman–Crippen MR) is 93.7 cm³/mol. The number of rotatable bonds is 3. The molecule has 2 nitrogen and oxygen atoms in total. The van der Waals surface area contributed by atoms with Crippen molar-refractivity contribution in [1.82, 2.24) is 4.98 Å². The number of nitrogens with zero attached hydrogens (tertiary/aromatic N) is 1. The molecular weight excluding hydrogens is 324 g/mol. The van der Waals surface area contributed by atoms with E-state index in [1.54, 1.807) is 0 Å². The van der Waals surface area contributed by atoms with Crippen molar-refractivity contribution in [1.29, 1.82) is 0 Å². The highest BCUT2D eigenvalue weighted by Crippen LogP contribution is 2.29. The Hall–Kier alpha value is -1.09. The summed E-state index contributed by atoms with van der Waals surface area (Å²) in [6.07, 6.45) is 9.88. The van der Waals surface area contributed by atoms with Gasteiger partial charge in [0.2, 0.25) is 0 Å². The lowest BCUT2D eigenvalue weighted by molar-refractivity contribution is 0.444. The van der Waals surface area contributed by atoms with Gasteiger partial charge in [0.05, 0.1) is 11.2 Å². The van der Waals surface area contributed by atoms with Gasteiger partial charge in [-0.2, -0.15) is 0 Å². The molecule has 112 valence electrons. The standard InChI is InChI=1S/C18H23BrN2/c1-2-13-5-3-7-16(10-9-13)21-17-8-4-6-14-11-15(19)12-20-18(14)17/h4,6,8,11-13,16,21H,2-3,5,7,9-10H2,1H3. The summed E-state index contributed by atoms with van der Waals surface area (Å²) in [5.74, 6) is 0.929. The predicted octanol–water partition coefficient (Wildman–Crippen LogP) is 5.77. The van der Waals surface area contributed by atoms with Gasteiger partial charge in [-0.25, -0.2) is 0 Å². The fraction of sp³-hybridized carbons (Fsp3) is 0.500. The topological polar surface area (TPSA) is 24.9 Å². The normalized spacial score (nSPS) is 23.0. The number of aromatic nitrogens is 1. The monoisotopic (exact) mass is 346 g/mol. The third-order valence-corrected chi connectivity index (χ3v) is 5.14. The highest BCUT2D eigenvalue weighted by atomic mass is 79.9. The molecule has 1 saturated carbocycles. The molecule has 0 radical (unpaired) electrons. The van der Waals surface area contributed by atoms with E-state index in [1.165, 1.54) is 49.6 Å². The van der Waals surface area contributed by atoms with E-state index in [-0.39, 0.29) is 0 Å². The Morgan fingerprint density at radius 1 is 1.24 bits per heavy atom. The fourth-order valence-electron chi connectivity index (χ4n) is 3.40. The Morgan fingerprint density at radius 3 is 3.00 bits per heavy atom. The Kier molecular flexibility index (Phi) is 4.79. The highest BCUT2D eigenvalue weighted by Gasteiger charge is 2.18. The minimum absolute atomic E-state index is 0.595. The maximum atomic E-state index is 4.59. The number of halogens is 1. The summed E-state index contributed by atoms with van der Waals surface area (Å²) in [6.45, 7) is 2.32. The largest absolute Gasteiger partial charge is 0.381 e. The first kappa shape index (κ1) is 14.8. The van der Waals surface area contributed by atoms with Crippen LogP contribution >= 0.6 is 15.9 Å². The summed E-state index contributed by atoms with van der Waals surface area (Å²) in [5.41, 5.74) is 2.26. The summed E-state index contributed by atoms with van der Waals surface area (Å²) < 4.78 is 1.03. The molecule has 0 amide bonds. The zero-order chi connectivity index (χ0) is 14.7. The number of anilines is 1. The quantitative estimate of drug-likeness (QED) is 0.713. The molecule has 1 aliphatic rings. The van der Waals surface area contributed by atoms with E-state index < -0.39 is 0 Å². The van der Waals surface area contributed by atoms with E-state index >= 15 is 0 Å². The zero-order valence-corrected chi connectivity index (χ0v) is 14.2. The maximum Gasteiger partial charge on any atom is 0.0934 e. The van der Waals surface area contributed by atoms with Gasteiger partial charge in [-0.3, -0.25) is 4.98 Å². The van der Waals surface area contributed by atoms with Crippen LogP contribution in [-0.4, -0.2) is 11.0 Å². The number of nitrogens with one attached hydrogen (secondary N) is 1. The minimum Gasteiger partial charge on any atom is -0.381 e. The molecule has 21 heavy (non-hydrogen) atoms. The highest BCUT2D eigenvalue weighted by molar-refractivity contribution is 9.10. The van der Waals surface area contributed by atoms with Gasteiger partial charge in [-0.15, -0.1) is 0 Å². The second kappa shape index (κ2) is 6.78. The molecule has 2 unspecified atom stereocenters. The number of para-hydroxylation sites is 1. The van der Waals surface area contributed by atoms with Crippen LogP contribution in [0, 0.1) is 5.92 Å². The van der Waals surface area contributed by atoms with Crippen molar-refractivity contribution in [3.63, 3.8) is 0 Å². The fourth-order valence-corrected chi connectivity index (χ4v) is 3.75. The van der Waals surface area contributed by atoms with Gasteiger partial charge in [0.15, 0.2) is 0 Å². The van der Waals surface area contributed by atoms with Gasteiger partial charge >= 0.3 is 0 Å². The van der Waals surface area contributed by atoms with Crippen molar-refractivity contribution in [3.05, 3.63) is 34.9 Å². The molecule has 3 rings (SSSR count). The molecule has 1 heterocycles. The molecule has 0 bridgehead atoms. The minimum atomic E-state index is 0.595. The van der Waals surface area contributed by atoms with Crippen LogP contribution < -0.4 is 5.32 Å². The number of fused-ring (bicyclic) bond motifs is 1. The molecule has 1 aliphatic carbocycles. The van der Waals surface area contributed by atoms with Gasteiger partial charge in [0.25, 0.3) is 0 Å². The van der Waals surface area contributed by atoms with Crippen LogP contribution in [0.4, 0.5) is 5.69 Å². The van der Waals surface area contributed by atoms with Crippen LogP contribution in [0.1, 0.15) is 45.4 Å². The van der Waals surface area contributed by atoms with Crippen molar-refractivity contribution in [2.45, 2.75) is 51.5 Å². The van der Waals surface area contributed by atoms with E-state index in [4.69, 9.17) is 0 Å².